The number of pyridine rings is 1. The first kappa shape index (κ1) is 15.7. The Morgan fingerprint density at radius 2 is 1.92 bits per heavy atom. The van der Waals surface area contributed by atoms with E-state index in [2.05, 4.69) is 25.7 Å². The van der Waals surface area contributed by atoms with E-state index in [1.165, 1.54) is 0 Å². The quantitative estimate of drug-likeness (QED) is 0.710. The van der Waals surface area contributed by atoms with Crippen LogP contribution in [0.2, 0.25) is 5.02 Å². The normalized spacial score (nSPS) is 16.2. The number of benzene rings is 2. The highest BCUT2D eigenvalue weighted by molar-refractivity contribution is 6.31. The van der Waals surface area contributed by atoms with Crippen LogP contribution >= 0.6 is 11.6 Å². The van der Waals surface area contributed by atoms with Crippen molar-refractivity contribution >= 4 is 33.9 Å². The van der Waals surface area contributed by atoms with E-state index in [1.807, 2.05) is 54.6 Å². The molecule has 1 aliphatic heterocycles. The average Bonchev–Trinajstić information content (AvgIpc) is 3.11. The van der Waals surface area contributed by atoms with Crippen molar-refractivity contribution in [1.82, 2.24) is 4.98 Å². The molecule has 0 fully saturated rings. The highest BCUT2D eigenvalue weighted by Gasteiger charge is 2.21. The summed E-state index contributed by atoms with van der Waals surface area (Å²) in [5.41, 5.74) is 3.91. The molecule has 0 radical (unpaired) electrons. The summed E-state index contributed by atoms with van der Waals surface area (Å²) in [5.74, 6) is 0. The Morgan fingerprint density at radius 3 is 2.80 bits per heavy atom. The predicted octanol–water partition coefficient (Wildman–Crippen LogP) is 4.93. The largest absolute Gasteiger partial charge is 0.384 e. The van der Waals surface area contributed by atoms with Crippen molar-refractivity contribution in [2.45, 2.75) is 12.5 Å². The van der Waals surface area contributed by atoms with Crippen LogP contribution in [0, 0.1) is 0 Å². The second kappa shape index (κ2) is 6.99. The van der Waals surface area contributed by atoms with Crippen molar-refractivity contribution in [3.8, 4) is 0 Å². The SMILES string of the molecule is Clc1ccc2c(NCCC3N=NN=C3c3ccccc3)ccnc2c1. The van der Waals surface area contributed by atoms with E-state index >= 15 is 0 Å². The van der Waals surface area contributed by atoms with Gasteiger partial charge in [-0.2, -0.15) is 5.11 Å². The fourth-order valence-corrected chi connectivity index (χ4v) is 3.10. The van der Waals surface area contributed by atoms with Gasteiger partial charge in [0.05, 0.1) is 11.2 Å². The minimum absolute atomic E-state index is 0.0163. The lowest BCUT2D eigenvalue weighted by Gasteiger charge is -2.12. The predicted molar refractivity (Wildman–Crippen MR) is 101 cm³/mol. The molecule has 124 valence electrons. The van der Waals surface area contributed by atoms with E-state index in [4.69, 9.17) is 11.6 Å². The number of rotatable bonds is 5. The molecule has 1 aromatic heterocycles. The summed E-state index contributed by atoms with van der Waals surface area (Å²) in [6.45, 7) is 0.761. The molecular formula is C19H16ClN5. The molecule has 0 saturated carbocycles. The van der Waals surface area contributed by atoms with Crippen LogP contribution in [0.3, 0.4) is 0 Å². The molecule has 1 N–H and O–H groups in total. The number of hydrogen-bond donors (Lipinski definition) is 1. The van der Waals surface area contributed by atoms with Crippen molar-refractivity contribution in [1.29, 1.82) is 0 Å². The molecule has 2 aromatic carbocycles. The number of nitrogens with one attached hydrogen (secondary N) is 1. The zero-order valence-electron chi connectivity index (χ0n) is 13.4. The van der Waals surface area contributed by atoms with E-state index < -0.39 is 0 Å². The second-order valence-electron chi connectivity index (χ2n) is 5.81. The van der Waals surface area contributed by atoms with E-state index in [1.54, 1.807) is 6.20 Å². The first-order chi connectivity index (χ1) is 12.3. The van der Waals surface area contributed by atoms with Crippen molar-refractivity contribution in [3.05, 3.63) is 71.4 Å². The van der Waals surface area contributed by atoms with Crippen molar-refractivity contribution in [2.24, 2.45) is 15.4 Å². The summed E-state index contributed by atoms with van der Waals surface area (Å²) >= 11 is 6.04. The van der Waals surface area contributed by atoms with Gasteiger partial charge in [0.15, 0.2) is 0 Å². The van der Waals surface area contributed by atoms with E-state index in [-0.39, 0.29) is 6.04 Å². The standard InChI is InChI=1S/C19H16ClN5/c20-14-6-7-15-16(8-10-22-18(15)12-14)21-11-9-17-19(24-25-23-17)13-4-2-1-3-5-13/h1-8,10,12,17H,9,11H2,(H,21,22). The van der Waals surface area contributed by atoms with Gasteiger partial charge < -0.3 is 5.32 Å². The Hall–Kier alpha value is -2.79. The molecule has 4 rings (SSSR count). The van der Waals surface area contributed by atoms with Crippen molar-refractivity contribution in [3.63, 3.8) is 0 Å². The molecule has 2 heterocycles. The number of aromatic nitrogens is 1. The third kappa shape index (κ3) is 3.37. The van der Waals surface area contributed by atoms with Crippen LogP contribution in [0.15, 0.2) is 76.2 Å². The molecule has 1 unspecified atom stereocenters. The minimum atomic E-state index is -0.0163. The van der Waals surface area contributed by atoms with Gasteiger partial charge in [0.25, 0.3) is 0 Å². The van der Waals surface area contributed by atoms with Crippen LogP contribution in [0.4, 0.5) is 5.69 Å². The maximum absolute atomic E-state index is 6.04. The van der Waals surface area contributed by atoms with Gasteiger partial charge in [0, 0.05) is 34.4 Å². The van der Waals surface area contributed by atoms with Gasteiger partial charge in [-0.1, -0.05) is 41.9 Å². The number of anilines is 1. The zero-order chi connectivity index (χ0) is 17.1. The van der Waals surface area contributed by atoms with Gasteiger partial charge in [0.1, 0.15) is 6.04 Å². The van der Waals surface area contributed by atoms with Crippen LogP contribution in [0.25, 0.3) is 10.9 Å². The Bertz CT molecular complexity index is 952. The minimum Gasteiger partial charge on any atom is -0.384 e. The van der Waals surface area contributed by atoms with E-state index in [9.17, 15) is 0 Å². The number of nitrogens with zero attached hydrogens (tertiary/aromatic N) is 4. The van der Waals surface area contributed by atoms with E-state index in [0.29, 0.717) is 5.02 Å². The number of fused-ring (bicyclic) bond motifs is 1. The molecule has 0 aliphatic carbocycles. The number of hydrogen-bond acceptors (Lipinski definition) is 5. The molecule has 0 saturated heterocycles. The number of halogens is 1. The van der Waals surface area contributed by atoms with Crippen LogP contribution in [0.1, 0.15) is 12.0 Å². The van der Waals surface area contributed by atoms with Gasteiger partial charge in [-0.15, -0.1) is 5.10 Å². The highest BCUT2D eigenvalue weighted by atomic mass is 35.5. The van der Waals surface area contributed by atoms with Gasteiger partial charge in [0.2, 0.25) is 0 Å². The summed E-state index contributed by atoms with van der Waals surface area (Å²) < 4.78 is 0. The van der Waals surface area contributed by atoms with Gasteiger partial charge in [-0.3, -0.25) is 4.98 Å². The molecule has 0 bridgehead atoms. The maximum atomic E-state index is 6.04. The third-order valence-electron chi connectivity index (χ3n) is 4.17. The maximum Gasteiger partial charge on any atom is 0.119 e. The summed E-state index contributed by atoms with van der Waals surface area (Å²) in [7, 11) is 0. The van der Waals surface area contributed by atoms with Crippen LogP contribution in [-0.2, 0) is 0 Å². The lowest BCUT2D eigenvalue weighted by atomic mass is 10.0. The highest BCUT2D eigenvalue weighted by Crippen LogP contribution is 2.25. The fourth-order valence-electron chi connectivity index (χ4n) is 2.93. The fraction of sp³-hybridized carbons (Fsp3) is 0.158. The smallest absolute Gasteiger partial charge is 0.119 e. The van der Waals surface area contributed by atoms with Crippen LogP contribution in [-0.4, -0.2) is 23.3 Å². The van der Waals surface area contributed by atoms with E-state index in [0.717, 1.165) is 40.8 Å². The second-order valence-corrected chi connectivity index (χ2v) is 6.24. The molecule has 3 aromatic rings. The first-order valence-corrected chi connectivity index (χ1v) is 8.50. The van der Waals surface area contributed by atoms with Crippen molar-refractivity contribution < 1.29 is 0 Å². The molecule has 1 aliphatic rings. The third-order valence-corrected chi connectivity index (χ3v) is 4.40. The molecule has 25 heavy (non-hydrogen) atoms. The molecule has 1 atom stereocenters. The first-order valence-electron chi connectivity index (χ1n) is 8.12. The Balaban J connectivity index is 1.45. The Kier molecular flexibility index (Phi) is 4.39. The molecular weight excluding hydrogens is 334 g/mol. The molecule has 0 spiro atoms. The zero-order valence-corrected chi connectivity index (χ0v) is 14.2. The van der Waals surface area contributed by atoms with Gasteiger partial charge in [-0.05, 0) is 35.9 Å². The molecule has 5 nitrogen and oxygen atoms in total. The lowest BCUT2D eigenvalue weighted by molar-refractivity contribution is 0.765. The van der Waals surface area contributed by atoms with Gasteiger partial charge in [-0.25, -0.2) is 0 Å². The summed E-state index contributed by atoms with van der Waals surface area (Å²) in [4.78, 5) is 4.36. The van der Waals surface area contributed by atoms with Crippen LogP contribution < -0.4 is 5.32 Å². The Labute approximate surface area is 150 Å². The average molecular weight is 350 g/mol. The summed E-state index contributed by atoms with van der Waals surface area (Å²) in [5, 5.41) is 17.5. The summed E-state index contributed by atoms with van der Waals surface area (Å²) in [6.07, 6.45) is 2.60. The molecule has 6 heteroatoms. The lowest BCUT2D eigenvalue weighted by Crippen LogP contribution is -2.20. The summed E-state index contributed by atoms with van der Waals surface area (Å²) in [6, 6.07) is 17.8. The molecule has 0 amide bonds. The monoisotopic (exact) mass is 349 g/mol. The van der Waals surface area contributed by atoms with Crippen molar-refractivity contribution in [2.75, 3.05) is 11.9 Å². The Morgan fingerprint density at radius 1 is 1.04 bits per heavy atom. The van der Waals surface area contributed by atoms with Gasteiger partial charge >= 0.3 is 0 Å². The van der Waals surface area contributed by atoms with Crippen LogP contribution in [0.5, 0.6) is 0 Å². The topological polar surface area (TPSA) is 62.0 Å².